The Labute approximate surface area is 100 Å². The van der Waals surface area contributed by atoms with E-state index in [1.165, 1.54) is 11.3 Å². The number of para-hydroxylation sites is 1. The lowest BCUT2D eigenvalue weighted by molar-refractivity contribution is 0.453. The van der Waals surface area contributed by atoms with Crippen molar-refractivity contribution >= 4 is 11.4 Å². The summed E-state index contributed by atoms with van der Waals surface area (Å²) in [5, 5.41) is 9.84. The fourth-order valence-electron chi connectivity index (χ4n) is 2.38. The third-order valence-corrected chi connectivity index (χ3v) is 3.17. The van der Waals surface area contributed by atoms with Crippen molar-refractivity contribution in [3.8, 4) is 5.88 Å². The molecule has 1 aliphatic rings. The number of anilines is 2. The minimum atomic E-state index is 0.101. The Bertz CT molecular complexity index is 539. The maximum atomic E-state index is 9.84. The molecule has 2 aromatic rings. The lowest BCUT2D eigenvalue weighted by atomic mass is 10.0. The van der Waals surface area contributed by atoms with Gasteiger partial charge in [0.1, 0.15) is 5.69 Å². The van der Waals surface area contributed by atoms with Gasteiger partial charge in [0, 0.05) is 18.4 Å². The van der Waals surface area contributed by atoms with Crippen molar-refractivity contribution in [3.05, 3.63) is 48.2 Å². The molecule has 0 radical (unpaired) electrons. The molecule has 0 fully saturated rings. The Balaban J connectivity index is 2.09. The molecule has 0 bridgehead atoms. The third kappa shape index (κ3) is 1.73. The lowest BCUT2D eigenvalue weighted by Gasteiger charge is -2.31. The van der Waals surface area contributed by atoms with E-state index in [1.54, 1.807) is 6.20 Å². The summed E-state index contributed by atoms with van der Waals surface area (Å²) in [6.07, 6.45) is 3.81. The monoisotopic (exact) mass is 226 g/mol. The highest BCUT2D eigenvalue weighted by molar-refractivity contribution is 5.70. The van der Waals surface area contributed by atoms with Crippen LogP contribution in [0.2, 0.25) is 0 Å². The van der Waals surface area contributed by atoms with Crippen LogP contribution in [0, 0.1) is 0 Å². The van der Waals surface area contributed by atoms with Crippen LogP contribution in [0.5, 0.6) is 5.88 Å². The summed E-state index contributed by atoms with van der Waals surface area (Å²) in [5.41, 5.74) is 3.31. The van der Waals surface area contributed by atoms with Crippen LogP contribution in [0.25, 0.3) is 0 Å². The largest absolute Gasteiger partial charge is 0.492 e. The van der Waals surface area contributed by atoms with Crippen LogP contribution < -0.4 is 4.90 Å². The van der Waals surface area contributed by atoms with Gasteiger partial charge >= 0.3 is 0 Å². The van der Waals surface area contributed by atoms with E-state index in [9.17, 15) is 5.11 Å². The maximum absolute atomic E-state index is 9.84. The summed E-state index contributed by atoms with van der Waals surface area (Å²) < 4.78 is 0. The molecular formula is C14H14N2O. The number of nitrogens with zero attached hydrogens (tertiary/aromatic N) is 2. The number of aromatic nitrogens is 1. The molecule has 1 aliphatic heterocycles. The molecule has 3 nitrogen and oxygen atoms in total. The highest BCUT2D eigenvalue weighted by Crippen LogP contribution is 2.36. The molecule has 0 saturated heterocycles. The molecule has 86 valence electrons. The van der Waals surface area contributed by atoms with E-state index in [0.29, 0.717) is 0 Å². The van der Waals surface area contributed by atoms with Crippen molar-refractivity contribution in [2.75, 3.05) is 11.4 Å². The van der Waals surface area contributed by atoms with E-state index in [1.807, 2.05) is 18.2 Å². The quantitative estimate of drug-likeness (QED) is 0.812. The molecule has 17 heavy (non-hydrogen) atoms. The number of hydrogen-bond donors (Lipinski definition) is 1. The average Bonchev–Trinajstić information content (AvgIpc) is 2.39. The first-order chi connectivity index (χ1) is 8.36. The van der Waals surface area contributed by atoms with Crippen molar-refractivity contribution in [2.45, 2.75) is 12.8 Å². The van der Waals surface area contributed by atoms with Crippen molar-refractivity contribution in [1.29, 1.82) is 0 Å². The lowest BCUT2D eigenvalue weighted by Crippen LogP contribution is -2.24. The fraction of sp³-hybridized carbons (Fsp3) is 0.214. The molecule has 2 heterocycles. The molecule has 0 aliphatic carbocycles. The van der Waals surface area contributed by atoms with Crippen molar-refractivity contribution in [3.63, 3.8) is 0 Å². The van der Waals surface area contributed by atoms with Gasteiger partial charge < -0.3 is 10.0 Å². The van der Waals surface area contributed by atoms with Gasteiger partial charge in [-0.2, -0.15) is 0 Å². The number of benzene rings is 1. The SMILES string of the molecule is Oc1ncccc1N1CCCc2ccccc21. The molecule has 3 heteroatoms. The minimum absolute atomic E-state index is 0.101. The minimum Gasteiger partial charge on any atom is -0.492 e. The predicted molar refractivity (Wildman–Crippen MR) is 67.7 cm³/mol. The van der Waals surface area contributed by atoms with Gasteiger partial charge in [0.15, 0.2) is 0 Å². The highest BCUT2D eigenvalue weighted by Gasteiger charge is 2.19. The van der Waals surface area contributed by atoms with Gasteiger partial charge in [-0.3, -0.25) is 0 Å². The summed E-state index contributed by atoms with van der Waals surface area (Å²) in [6, 6.07) is 12.1. The molecule has 1 aromatic carbocycles. The van der Waals surface area contributed by atoms with Gasteiger partial charge in [0.05, 0.1) is 0 Å². The second kappa shape index (κ2) is 4.09. The molecule has 0 spiro atoms. The summed E-state index contributed by atoms with van der Waals surface area (Å²) >= 11 is 0. The van der Waals surface area contributed by atoms with Gasteiger partial charge in [-0.05, 0) is 36.6 Å². The summed E-state index contributed by atoms with van der Waals surface area (Å²) in [7, 11) is 0. The van der Waals surface area contributed by atoms with Crippen LogP contribution >= 0.6 is 0 Å². The Morgan fingerprint density at radius 1 is 1.06 bits per heavy atom. The highest BCUT2D eigenvalue weighted by atomic mass is 16.3. The van der Waals surface area contributed by atoms with Gasteiger partial charge in [-0.15, -0.1) is 0 Å². The molecule has 0 saturated carbocycles. The number of aryl methyl sites for hydroxylation is 1. The zero-order valence-corrected chi connectivity index (χ0v) is 9.50. The number of rotatable bonds is 1. The zero-order chi connectivity index (χ0) is 11.7. The second-order valence-corrected chi connectivity index (χ2v) is 4.23. The van der Waals surface area contributed by atoms with E-state index in [2.05, 4.69) is 28.1 Å². The van der Waals surface area contributed by atoms with E-state index < -0.39 is 0 Å². The topological polar surface area (TPSA) is 36.4 Å². The van der Waals surface area contributed by atoms with Gasteiger partial charge in [0.2, 0.25) is 5.88 Å². The standard InChI is InChI=1S/C14H14N2O/c17-14-13(8-3-9-15-14)16-10-4-6-11-5-1-2-7-12(11)16/h1-3,5,7-9H,4,6,10H2,(H,15,17). The summed E-state index contributed by atoms with van der Waals surface area (Å²) in [5.74, 6) is 0.101. The first kappa shape index (κ1) is 10.1. The first-order valence-electron chi connectivity index (χ1n) is 5.86. The van der Waals surface area contributed by atoms with Gasteiger partial charge in [-0.25, -0.2) is 4.98 Å². The fourth-order valence-corrected chi connectivity index (χ4v) is 2.38. The van der Waals surface area contributed by atoms with E-state index >= 15 is 0 Å². The second-order valence-electron chi connectivity index (χ2n) is 4.23. The van der Waals surface area contributed by atoms with Crippen LogP contribution in [0.4, 0.5) is 11.4 Å². The molecule has 0 unspecified atom stereocenters. The molecule has 3 rings (SSSR count). The number of aromatic hydroxyl groups is 1. The number of pyridine rings is 1. The normalized spacial score (nSPS) is 14.5. The van der Waals surface area contributed by atoms with Gasteiger partial charge in [0.25, 0.3) is 0 Å². The Morgan fingerprint density at radius 3 is 2.76 bits per heavy atom. The van der Waals surface area contributed by atoms with Crippen molar-refractivity contribution < 1.29 is 5.11 Å². The molecule has 1 aromatic heterocycles. The van der Waals surface area contributed by atoms with Crippen LogP contribution in [-0.2, 0) is 6.42 Å². The Kier molecular flexibility index (Phi) is 2.44. The number of hydrogen-bond acceptors (Lipinski definition) is 3. The van der Waals surface area contributed by atoms with Gasteiger partial charge in [-0.1, -0.05) is 18.2 Å². The van der Waals surface area contributed by atoms with Crippen LogP contribution in [0.3, 0.4) is 0 Å². The summed E-state index contributed by atoms with van der Waals surface area (Å²) in [4.78, 5) is 6.08. The molecular weight excluding hydrogens is 212 g/mol. The molecule has 0 amide bonds. The molecule has 0 atom stereocenters. The Hall–Kier alpha value is -2.03. The first-order valence-corrected chi connectivity index (χ1v) is 5.86. The van der Waals surface area contributed by atoms with E-state index in [0.717, 1.165) is 25.1 Å². The van der Waals surface area contributed by atoms with Crippen LogP contribution in [0.1, 0.15) is 12.0 Å². The smallest absolute Gasteiger partial charge is 0.235 e. The van der Waals surface area contributed by atoms with Crippen molar-refractivity contribution in [2.24, 2.45) is 0 Å². The van der Waals surface area contributed by atoms with Crippen LogP contribution in [0.15, 0.2) is 42.6 Å². The zero-order valence-electron chi connectivity index (χ0n) is 9.50. The Morgan fingerprint density at radius 2 is 1.88 bits per heavy atom. The number of fused-ring (bicyclic) bond motifs is 1. The van der Waals surface area contributed by atoms with Crippen molar-refractivity contribution in [1.82, 2.24) is 4.98 Å². The van der Waals surface area contributed by atoms with E-state index in [-0.39, 0.29) is 5.88 Å². The predicted octanol–water partition coefficient (Wildman–Crippen LogP) is 2.87. The summed E-state index contributed by atoms with van der Waals surface area (Å²) in [6.45, 7) is 0.927. The van der Waals surface area contributed by atoms with Crippen LogP contribution in [-0.4, -0.2) is 16.6 Å². The maximum Gasteiger partial charge on any atom is 0.235 e. The average molecular weight is 226 g/mol. The third-order valence-electron chi connectivity index (χ3n) is 3.17. The van der Waals surface area contributed by atoms with E-state index in [4.69, 9.17) is 0 Å². The molecule has 1 N–H and O–H groups in total.